The van der Waals surface area contributed by atoms with E-state index in [1.807, 2.05) is 0 Å². The maximum atomic E-state index is 10.8. The Hall–Kier alpha value is -2.05. The van der Waals surface area contributed by atoms with E-state index >= 15 is 0 Å². The van der Waals surface area contributed by atoms with Crippen molar-refractivity contribution in [3.63, 3.8) is 0 Å². The standard InChI is InChI=1S/C11H15N3O4/c15-9(16)3-1-2-7-4-12-11-13-8(10(17)18)6-14(11)5-7/h6-7H,1-5H2,(H,12,13)(H,15,16)(H,17,18). The average Bonchev–Trinajstić information content (AvgIpc) is 2.71. The van der Waals surface area contributed by atoms with Crippen molar-refractivity contribution in [2.45, 2.75) is 25.8 Å². The first-order valence-corrected chi connectivity index (χ1v) is 5.82. The van der Waals surface area contributed by atoms with E-state index in [1.165, 1.54) is 6.20 Å². The van der Waals surface area contributed by atoms with Gasteiger partial charge in [0.15, 0.2) is 5.69 Å². The number of aromatic carboxylic acids is 1. The van der Waals surface area contributed by atoms with Crippen molar-refractivity contribution in [2.24, 2.45) is 5.92 Å². The van der Waals surface area contributed by atoms with Crippen LogP contribution in [0.2, 0.25) is 0 Å². The van der Waals surface area contributed by atoms with Gasteiger partial charge < -0.3 is 20.1 Å². The number of anilines is 1. The second-order valence-electron chi connectivity index (χ2n) is 4.44. The molecule has 0 amide bonds. The average molecular weight is 253 g/mol. The Labute approximate surface area is 103 Å². The van der Waals surface area contributed by atoms with E-state index in [-0.39, 0.29) is 12.1 Å². The van der Waals surface area contributed by atoms with Crippen LogP contribution >= 0.6 is 0 Å². The zero-order valence-corrected chi connectivity index (χ0v) is 9.80. The van der Waals surface area contributed by atoms with Crippen molar-refractivity contribution in [1.82, 2.24) is 9.55 Å². The highest BCUT2D eigenvalue weighted by molar-refractivity contribution is 5.85. The molecule has 7 heteroatoms. The van der Waals surface area contributed by atoms with Gasteiger partial charge in [0.05, 0.1) is 0 Å². The maximum absolute atomic E-state index is 10.8. The highest BCUT2D eigenvalue weighted by Gasteiger charge is 2.21. The summed E-state index contributed by atoms with van der Waals surface area (Å²) in [6.45, 7) is 1.39. The molecule has 0 fully saturated rings. The molecule has 7 nitrogen and oxygen atoms in total. The summed E-state index contributed by atoms with van der Waals surface area (Å²) >= 11 is 0. The van der Waals surface area contributed by atoms with Crippen LogP contribution in [0.25, 0.3) is 0 Å². The first kappa shape index (κ1) is 12.4. The molecule has 98 valence electrons. The van der Waals surface area contributed by atoms with Gasteiger partial charge in [-0.05, 0) is 18.8 Å². The minimum Gasteiger partial charge on any atom is -0.481 e. The minimum absolute atomic E-state index is 0.0312. The van der Waals surface area contributed by atoms with E-state index in [0.29, 0.717) is 31.4 Å². The third kappa shape index (κ3) is 2.79. The van der Waals surface area contributed by atoms with Gasteiger partial charge in [-0.1, -0.05) is 0 Å². The fourth-order valence-electron chi connectivity index (χ4n) is 2.11. The molecule has 2 rings (SSSR count). The number of imidazole rings is 1. The van der Waals surface area contributed by atoms with Gasteiger partial charge in [-0.3, -0.25) is 4.79 Å². The number of carboxylic acid groups (broad SMARTS) is 2. The molecule has 2 heterocycles. The molecule has 1 aromatic rings. The topological polar surface area (TPSA) is 104 Å². The van der Waals surface area contributed by atoms with Gasteiger partial charge in [0, 0.05) is 25.7 Å². The van der Waals surface area contributed by atoms with Crippen LogP contribution in [-0.2, 0) is 11.3 Å². The lowest BCUT2D eigenvalue weighted by atomic mass is 10.0. The van der Waals surface area contributed by atoms with E-state index < -0.39 is 11.9 Å². The van der Waals surface area contributed by atoms with Gasteiger partial charge in [-0.2, -0.15) is 0 Å². The molecule has 0 bridgehead atoms. The van der Waals surface area contributed by atoms with Crippen LogP contribution in [0.4, 0.5) is 5.95 Å². The van der Waals surface area contributed by atoms with E-state index in [2.05, 4.69) is 10.3 Å². The number of carboxylic acids is 2. The third-order valence-corrected chi connectivity index (χ3v) is 3.00. The van der Waals surface area contributed by atoms with Gasteiger partial charge in [-0.15, -0.1) is 0 Å². The van der Waals surface area contributed by atoms with E-state index in [4.69, 9.17) is 10.2 Å². The Balaban J connectivity index is 1.93. The minimum atomic E-state index is -1.04. The zero-order chi connectivity index (χ0) is 13.1. The fourth-order valence-corrected chi connectivity index (χ4v) is 2.11. The fraction of sp³-hybridized carbons (Fsp3) is 0.545. The summed E-state index contributed by atoms with van der Waals surface area (Å²) in [7, 11) is 0. The van der Waals surface area contributed by atoms with Crippen LogP contribution in [0, 0.1) is 5.92 Å². The third-order valence-electron chi connectivity index (χ3n) is 3.00. The number of aliphatic carboxylic acids is 1. The first-order valence-electron chi connectivity index (χ1n) is 5.82. The summed E-state index contributed by atoms with van der Waals surface area (Å²) in [5, 5.41) is 20.5. The molecule has 1 aromatic heterocycles. The Morgan fingerprint density at radius 2 is 2.28 bits per heavy atom. The number of nitrogens with zero attached hydrogens (tertiary/aromatic N) is 2. The van der Waals surface area contributed by atoms with Crippen LogP contribution in [0.3, 0.4) is 0 Å². The molecule has 1 atom stereocenters. The number of carbonyl (C=O) groups is 2. The quantitative estimate of drug-likeness (QED) is 0.719. The molecule has 0 saturated carbocycles. The Morgan fingerprint density at radius 1 is 1.50 bits per heavy atom. The van der Waals surface area contributed by atoms with Crippen molar-refractivity contribution in [2.75, 3.05) is 11.9 Å². The molecular weight excluding hydrogens is 238 g/mol. The van der Waals surface area contributed by atoms with Crippen molar-refractivity contribution >= 4 is 17.9 Å². The number of hydrogen-bond acceptors (Lipinski definition) is 4. The van der Waals surface area contributed by atoms with Crippen molar-refractivity contribution in [1.29, 1.82) is 0 Å². The van der Waals surface area contributed by atoms with Crippen LogP contribution in [0.1, 0.15) is 29.8 Å². The lowest BCUT2D eigenvalue weighted by molar-refractivity contribution is -0.137. The molecule has 0 saturated heterocycles. The summed E-state index contributed by atoms with van der Waals surface area (Å²) in [5.41, 5.74) is 0.0312. The molecule has 1 aliphatic rings. The highest BCUT2D eigenvalue weighted by atomic mass is 16.4. The molecule has 18 heavy (non-hydrogen) atoms. The molecule has 1 unspecified atom stereocenters. The number of aromatic nitrogens is 2. The lowest BCUT2D eigenvalue weighted by Crippen LogP contribution is -2.27. The second-order valence-corrected chi connectivity index (χ2v) is 4.44. The molecule has 0 aromatic carbocycles. The highest BCUT2D eigenvalue weighted by Crippen LogP contribution is 2.21. The Bertz CT molecular complexity index is 469. The van der Waals surface area contributed by atoms with Gasteiger partial charge in [0.2, 0.25) is 5.95 Å². The first-order chi connectivity index (χ1) is 8.56. The number of hydrogen-bond donors (Lipinski definition) is 3. The number of nitrogens with one attached hydrogen (secondary N) is 1. The summed E-state index contributed by atoms with van der Waals surface area (Å²) in [6, 6.07) is 0. The van der Waals surface area contributed by atoms with E-state index in [0.717, 1.165) is 6.42 Å². The monoisotopic (exact) mass is 253 g/mol. The molecular formula is C11H15N3O4. The maximum Gasteiger partial charge on any atom is 0.356 e. The van der Waals surface area contributed by atoms with Gasteiger partial charge in [0.25, 0.3) is 0 Å². The molecule has 0 spiro atoms. The largest absolute Gasteiger partial charge is 0.481 e. The van der Waals surface area contributed by atoms with Crippen molar-refractivity contribution in [3.05, 3.63) is 11.9 Å². The molecule has 1 aliphatic heterocycles. The van der Waals surface area contributed by atoms with Crippen LogP contribution in [-0.4, -0.2) is 38.2 Å². The predicted molar refractivity (Wildman–Crippen MR) is 62.7 cm³/mol. The molecule has 0 radical (unpaired) electrons. The molecule has 3 N–H and O–H groups in total. The van der Waals surface area contributed by atoms with Crippen LogP contribution in [0.15, 0.2) is 6.20 Å². The van der Waals surface area contributed by atoms with E-state index in [9.17, 15) is 9.59 Å². The lowest BCUT2D eigenvalue weighted by Gasteiger charge is -2.24. The predicted octanol–water partition coefficient (Wildman–Crippen LogP) is 0.878. The summed E-state index contributed by atoms with van der Waals surface area (Å²) in [6.07, 6.45) is 3.12. The summed E-state index contributed by atoms with van der Waals surface area (Å²) in [4.78, 5) is 25.2. The Morgan fingerprint density at radius 3 is 2.94 bits per heavy atom. The Kier molecular flexibility index (Phi) is 3.50. The van der Waals surface area contributed by atoms with E-state index in [1.54, 1.807) is 4.57 Å². The normalized spacial score (nSPS) is 17.9. The van der Waals surface area contributed by atoms with Crippen molar-refractivity contribution < 1.29 is 19.8 Å². The van der Waals surface area contributed by atoms with Crippen LogP contribution in [0.5, 0.6) is 0 Å². The smallest absolute Gasteiger partial charge is 0.356 e. The van der Waals surface area contributed by atoms with Gasteiger partial charge >= 0.3 is 11.9 Å². The van der Waals surface area contributed by atoms with Gasteiger partial charge in [0.1, 0.15) is 0 Å². The summed E-state index contributed by atoms with van der Waals surface area (Å²) < 4.78 is 1.78. The van der Waals surface area contributed by atoms with Crippen LogP contribution < -0.4 is 5.32 Å². The zero-order valence-electron chi connectivity index (χ0n) is 9.80. The van der Waals surface area contributed by atoms with Crippen molar-refractivity contribution in [3.8, 4) is 0 Å². The summed E-state index contributed by atoms with van der Waals surface area (Å²) in [5.74, 6) is -0.939. The second kappa shape index (κ2) is 5.07. The SMILES string of the molecule is O=C(O)CCCC1CNc2nc(C(=O)O)cn2C1. The molecule has 0 aliphatic carbocycles. The number of rotatable bonds is 5. The number of fused-ring (bicyclic) bond motifs is 1. The van der Waals surface area contributed by atoms with Gasteiger partial charge in [-0.25, -0.2) is 9.78 Å².